The highest BCUT2D eigenvalue weighted by atomic mass is 32.2. The second kappa shape index (κ2) is 5.95. The summed E-state index contributed by atoms with van der Waals surface area (Å²) in [5, 5.41) is 3.30. The van der Waals surface area contributed by atoms with Crippen LogP contribution in [0.2, 0.25) is 0 Å². The normalized spacial score (nSPS) is 18.1. The molecule has 128 valence electrons. The average Bonchev–Trinajstić information content (AvgIpc) is 2.85. The topological polar surface area (TPSA) is 97.4 Å². The molecule has 2 heterocycles. The number of sulfonamides is 1. The van der Waals surface area contributed by atoms with Crippen LogP contribution < -0.4 is 15.4 Å². The molecule has 1 atom stereocenters. The maximum Gasteiger partial charge on any atom is 0.265 e. The molecule has 3 rings (SSSR count). The number of hydrogen-bond acceptors (Lipinski definition) is 4. The Kier molecular flexibility index (Phi) is 4.10. The van der Waals surface area contributed by atoms with Gasteiger partial charge in [-0.05, 0) is 24.6 Å². The van der Waals surface area contributed by atoms with Crippen molar-refractivity contribution >= 4 is 21.6 Å². The van der Waals surface area contributed by atoms with Gasteiger partial charge in [-0.1, -0.05) is 18.2 Å². The molecule has 0 fully saturated rings. The van der Waals surface area contributed by atoms with Crippen molar-refractivity contribution in [2.75, 3.05) is 10.8 Å². The molecule has 1 aliphatic rings. The first-order valence-electron chi connectivity index (χ1n) is 7.61. The Morgan fingerprint density at radius 1 is 1.33 bits per heavy atom. The third-order valence-corrected chi connectivity index (χ3v) is 5.91. The molecule has 0 radical (unpaired) electrons. The molecule has 0 saturated carbocycles. The minimum atomic E-state index is -3.80. The van der Waals surface area contributed by atoms with Crippen LogP contribution in [-0.4, -0.2) is 31.5 Å². The number of amides is 1. The van der Waals surface area contributed by atoms with E-state index >= 15 is 0 Å². The molecule has 0 bridgehead atoms. The Morgan fingerprint density at radius 3 is 2.71 bits per heavy atom. The van der Waals surface area contributed by atoms with Gasteiger partial charge in [-0.3, -0.25) is 9.10 Å². The van der Waals surface area contributed by atoms with E-state index in [9.17, 15) is 13.2 Å². The number of fused-ring (bicyclic) bond motifs is 1. The summed E-state index contributed by atoms with van der Waals surface area (Å²) in [7, 11) is -2.21. The van der Waals surface area contributed by atoms with E-state index in [0.29, 0.717) is 18.8 Å². The summed E-state index contributed by atoms with van der Waals surface area (Å²) in [6.07, 6.45) is 1.42. The quantitative estimate of drug-likeness (QED) is 0.858. The Bertz CT molecular complexity index is 888. The lowest BCUT2D eigenvalue weighted by atomic mass is 10.2. The Labute approximate surface area is 141 Å². The number of carbonyl (C=O) groups is 1. The molecule has 1 aromatic heterocycles. The Hall–Kier alpha value is -2.32. The monoisotopic (exact) mass is 348 g/mol. The van der Waals surface area contributed by atoms with E-state index < -0.39 is 15.9 Å². The van der Waals surface area contributed by atoms with Crippen LogP contribution >= 0.6 is 0 Å². The van der Waals surface area contributed by atoms with Gasteiger partial charge in [0, 0.05) is 32.4 Å². The van der Waals surface area contributed by atoms with Gasteiger partial charge in [0.05, 0.1) is 5.69 Å². The summed E-state index contributed by atoms with van der Waals surface area (Å²) >= 11 is 0. The van der Waals surface area contributed by atoms with Crippen molar-refractivity contribution in [2.45, 2.75) is 24.4 Å². The molecular formula is C16H20N4O3S. The highest BCUT2D eigenvalue weighted by molar-refractivity contribution is 7.92. The lowest BCUT2D eigenvalue weighted by Gasteiger charge is -2.25. The summed E-state index contributed by atoms with van der Waals surface area (Å²) in [5.41, 5.74) is 7.02. The van der Waals surface area contributed by atoms with Crippen molar-refractivity contribution in [3.8, 4) is 0 Å². The molecule has 2 aromatic rings. The van der Waals surface area contributed by atoms with Crippen LogP contribution in [0.1, 0.15) is 23.0 Å². The minimum absolute atomic E-state index is 0.00787. The maximum absolute atomic E-state index is 13.2. The van der Waals surface area contributed by atoms with E-state index in [0.717, 1.165) is 5.56 Å². The predicted octanol–water partition coefficient (Wildman–Crippen LogP) is 0.811. The third kappa shape index (κ3) is 2.78. The van der Waals surface area contributed by atoms with Gasteiger partial charge in [0.25, 0.3) is 15.9 Å². The highest BCUT2D eigenvalue weighted by Crippen LogP contribution is 2.29. The summed E-state index contributed by atoms with van der Waals surface area (Å²) in [6, 6.07) is 8.72. The van der Waals surface area contributed by atoms with Crippen molar-refractivity contribution in [3.05, 3.63) is 47.8 Å². The Morgan fingerprint density at radius 2 is 2.04 bits per heavy atom. The molecule has 0 aliphatic carbocycles. The number of rotatable bonds is 3. The number of carbonyl (C=O) groups excluding carboxylic acids is 1. The zero-order valence-electron chi connectivity index (χ0n) is 13.6. The average molecular weight is 348 g/mol. The van der Waals surface area contributed by atoms with Gasteiger partial charge in [0.15, 0.2) is 0 Å². The maximum atomic E-state index is 13.2. The lowest BCUT2D eigenvalue weighted by Crippen LogP contribution is -2.39. The van der Waals surface area contributed by atoms with Gasteiger partial charge in [-0.25, -0.2) is 8.42 Å². The molecule has 8 heteroatoms. The van der Waals surface area contributed by atoms with Crippen molar-refractivity contribution in [2.24, 2.45) is 12.8 Å². The van der Waals surface area contributed by atoms with Crippen LogP contribution in [-0.2, 0) is 23.6 Å². The molecule has 24 heavy (non-hydrogen) atoms. The number of primary amides is 1. The van der Waals surface area contributed by atoms with Crippen molar-refractivity contribution < 1.29 is 13.2 Å². The molecule has 1 unspecified atom stereocenters. The number of nitrogens with one attached hydrogen (secondary N) is 1. The lowest BCUT2D eigenvalue weighted by molar-refractivity contribution is 0.0992. The van der Waals surface area contributed by atoms with Crippen LogP contribution in [0.3, 0.4) is 0 Å². The molecule has 0 saturated heterocycles. The SMILES string of the molecule is CC1CN(S(=O)(=O)c2cc(C(N)=O)n(C)c2)c2ccccc2CN1. The fourth-order valence-corrected chi connectivity index (χ4v) is 4.54. The van der Waals surface area contributed by atoms with Crippen molar-refractivity contribution in [3.63, 3.8) is 0 Å². The summed E-state index contributed by atoms with van der Waals surface area (Å²) in [6.45, 7) is 2.85. The smallest absolute Gasteiger partial charge is 0.265 e. The summed E-state index contributed by atoms with van der Waals surface area (Å²) < 4.78 is 29.2. The molecule has 0 spiro atoms. The van der Waals surface area contributed by atoms with Gasteiger partial charge >= 0.3 is 0 Å². The second-order valence-corrected chi connectivity index (χ2v) is 7.85. The standard InChI is InChI=1S/C16H20N4O3S/c1-11-9-20(14-6-4-3-5-12(14)8-18-11)24(22,23)13-7-15(16(17)21)19(2)10-13/h3-7,10-11,18H,8-9H2,1-2H3,(H2,17,21). The number of para-hydroxylation sites is 1. The highest BCUT2D eigenvalue weighted by Gasteiger charge is 2.31. The number of hydrogen-bond donors (Lipinski definition) is 2. The van der Waals surface area contributed by atoms with Crippen LogP contribution in [0.25, 0.3) is 0 Å². The first-order valence-corrected chi connectivity index (χ1v) is 9.05. The molecular weight excluding hydrogens is 328 g/mol. The third-order valence-electron chi connectivity index (χ3n) is 4.16. The van der Waals surface area contributed by atoms with Crippen molar-refractivity contribution in [1.29, 1.82) is 0 Å². The zero-order valence-corrected chi connectivity index (χ0v) is 14.4. The Balaban J connectivity index is 2.11. The minimum Gasteiger partial charge on any atom is -0.364 e. The first kappa shape index (κ1) is 16.5. The molecule has 1 amide bonds. The van der Waals surface area contributed by atoms with Gasteiger partial charge < -0.3 is 15.6 Å². The number of aromatic nitrogens is 1. The van der Waals surface area contributed by atoms with Gasteiger partial charge in [0.2, 0.25) is 0 Å². The fourth-order valence-electron chi connectivity index (χ4n) is 2.87. The number of nitrogens with zero attached hydrogens (tertiary/aromatic N) is 2. The molecule has 1 aromatic carbocycles. The zero-order chi connectivity index (χ0) is 17.5. The van der Waals surface area contributed by atoms with Gasteiger partial charge in [-0.15, -0.1) is 0 Å². The van der Waals surface area contributed by atoms with E-state index in [1.54, 1.807) is 13.1 Å². The van der Waals surface area contributed by atoms with Gasteiger partial charge in [-0.2, -0.15) is 0 Å². The van der Waals surface area contributed by atoms with Crippen LogP contribution in [0.5, 0.6) is 0 Å². The summed E-state index contributed by atoms with van der Waals surface area (Å²) in [4.78, 5) is 11.5. The van der Waals surface area contributed by atoms with Crippen molar-refractivity contribution in [1.82, 2.24) is 9.88 Å². The van der Waals surface area contributed by atoms with E-state index in [4.69, 9.17) is 5.73 Å². The van der Waals surface area contributed by atoms with E-state index in [1.807, 2.05) is 25.1 Å². The number of nitrogens with two attached hydrogens (primary N) is 1. The van der Waals surface area contributed by atoms with Crippen LogP contribution in [0.15, 0.2) is 41.4 Å². The van der Waals surface area contributed by atoms with E-state index in [2.05, 4.69) is 5.32 Å². The van der Waals surface area contributed by atoms with E-state index in [-0.39, 0.29) is 16.6 Å². The van der Waals surface area contributed by atoms with Crippen LogP contribution in [0.4, 0.5) is 5.69 Å². The second-order valence-electron chi connectivity index (χ2n) is 5.98. The molecule has 3 N–H and O–H groups in total. The van der Waals surface area contributed by atoms with E-state index in [1.165, 1.54) is 21.1 Å². The summed E-state index contributed by atoms with van der Waals surface area (Å²) in [5.74, 6) is -0.662. The molecule has 1 aliphatic heterocycles. The number of anilines is 1. The fraction of sp³-hybridized carbons (Fsp3) is 0.312. The van der Waals surface area contributed by atoms with Gasteiger partial charge in [0.1, 0.15) is 10.6 Å². The predicted molar refractivity (Wildman–Crippen MR) is 91.2 cm³/mol. The number of benzene rings is 1. The first-order chi connectivity index (χ1) is 11.3. The van der Waals surface area contributed by atoms with Crippen LogP contribution in [0, 0.1) is 0 Å². The molecule has 7 nitrogen and oxygen atoms in total. The number of aryl methyl sites for hydroxylation is 1. The largest absolute Gasteiger partial charge is 0.364 e.